The number of carbonyl (C=O) groups is 2. The molecule has 0 radical (unpaired) electrons. The van der Waals surface area contributed by atoms with Gasteiger partial charge in [-0.15, -0.1) is 10.2 Å². The van der Waals surface area contributed by atoms with Gasteiger partial charge >= 0.3 is 0 Å². The molecule has 1 unspecified atom stereocenters. The molecule has 0 saturated heterocycles. The van der Waals surface area contributed by atoms with E-state index < -0.39 is 10.8 Å². The summed E-state index contributed by atoms with van der Waals surface area (Å²) in [5.41, 5.74) is -0.382. The molecule has 7 atom stereocenters. The molecule has 6 nitrogen and oxygen atoms in total. The van der Waals surface area contributed by atoms with E-state index in [9.17, 15) is 14.9 Å². The largest absolute Gasteiger partial charge is 0.425 e. The Balaban J connectivity index is 1.54. The van der Waals surface area contributed by atoms with Crippen molar-refractivity contribution in [3.8, 4) is 6.07 Å². The summed E-state index contributed by atoms with van der Waals surface area (Å²) in [5, 5.41) is 18.7. The topological polar surface area (TPSA) is 96.9 Å². The van der Waals surface area contributed by atoms with Gasteiger partial charge in [0.1, 0.15) is 6.07 Å². The maximum Gasteiger partial charge on any atom is 0.222 e. The third kappa shape index (κ3) is 3.19. The molecule has 1 aromatic rings. The number of Topliss-reactive ketones (excluding diaryl/α,β-unsaturated/α-hetero) is 1. The van der Waals surface area contributed by atoms with E-state index in [-0.39, 0.29) is 56.6 Å². The minimum Gasteiger partial charge on any atom is -0.425 e. The lowest BCUT2D eigenvalue weighted by Crippen LogP contribution is -2.65. The van der Waals surface area contributed by atoms with Crippen LogP contribution in [-0.2, 0) is 15.0 Å². The summed E-state index contributed by atoms with van der Waals surface area (Å²) in [5.74, 6) is 1.49. The van der Waals surface area contributed by atoms with Crippen molar-refractivity contribution in [2.75, 3.05) is 0 Å². The third-order valence-corrected chi connectivity index (χ3v) is 12.8. The fraction of sp³-hybridized carbons (Fsp3) is 0.727. The molecule has 0 N–H and O–H groups in total. The van der Waals surface area contributed by atoms with Crippen molar-refractivity contribution in [3.63, 3.8) is 0 Å². The van der Waals surface area contributed by atoms with Crippen molar-refractivity contribution in [3.05, 3.63) is 35.1 Å². The van der Waals surface area contributed by atoms with Gasteiger partial charge in [0.05, 0.1) is 11.0 Å². The number of ketones is 2. The van der Waals surface area contributed by atoms with Gasteiger partial charge in [-0.2, -0.15) is 5.26 Å². The molecule has 0 aromatic carbocycles. The molecule has 6 heteroatoms. The lowest BCUT2D eigenvalue weighted by Gasteiger charge is -2.68. The Kier molecular flexibility index (Phi) is 5.33. The van der Waals surface area contributed by atoms with Crippen LogP contribution in [0.5, 0.6) is 0 Å². The van der Waals surface area contributed by atoms with Crippen LogP contribution in [0, 0.1) is 63.1 Å². The second-order valence-corrected chi connectivity index (χ2v) is 15.5. The van der Waals surface area contributed by atoms with Crippen LogP contribution in [-0.4, -0.2) is 21.8 Å². The van der Waals surface area contributed by atoms with E-state index in [0.717, 1.165) is 56.4 Å². The summed E-state index contributed by atoms with van der Waals surface area (Å²) in [6.07, 6.45) is 10.6. The first-order valence-electron chi connectivity index (χ1n) is 14.8. The molecule has 0 bridgehead atoms. The lowest BCUT2D eigenvalue weighted by atomic mass is 9.34. The Bertz CT molecular complexity index is 1390. The zero-order chi connectivity index (χ0) is 28.4. The Labute approximate surface area is 232 Å². The molecule has 0 aliphatic heterocycles. The summed E-state index contributed by atoms with van der Waals surface area (Å²) in [4.78, 5) is 27.8. The molecule has 3 fully saturated rings. The van der Waals surface area contributed by atoms with Gasteiger partial charge in [-0.25, -0.2) is 0 Å². The van der Waals surface area contributed by atoms with Crippen molar-refractivity contribution in [2.24, 2.45) is 44.8 Å². The minimum atomic E-state index is -0.650. The molecule has 1 heterocycles. The molecule has 39 heavy (non-hydrogen) atoms. The van der Waals surface area contributed by atoms with Crippen molar-refractivity contribution in [1.82, 2.24) is 10.2 Å². The molecule has 3 saturated carbocycles. The third-order valence-electron chi connectivity index (χ3n) is 12.8. The zero-order valence-electron chi connectivity index (χ0n) is 24.9. The van der Waals surface area contributed by atoms with Crippen molar-refractivity contribution in [2.45, 2.75) is 106 Å². The van der Waals surface area contributed by atoms with Gasteiger partial charge in [0.15, 0.2) is 11.6 Å². The Morgan fingerprint density at radius 1 is 0.974 bits per heavy atom. The van der Waals surface area contributed by atoms with E-state index in [1.807, 2.05) is 32.9 Å². The number of aryl methyl sites for hydroxylation is 1. The van der Waals surface area contributed by atoms with Gasteiger partial charge < -0.3 is 4.42 Å². The molecule has 0 amide bonds. The molecule has 5 aliphatic carbocycles. The van der Waals surface area contributed by atoms with Gasteiger partial charge in [0.25, 0.3) is 0 Å². The van der Waals surface area contributed by atoms with Crippen LogP contribution in [0.25, 0.3) is 0 Å². The Hall–Kier alpha value is -2.55. The number of nitriles is 1. The van der Waals surface area contributed by atoms with E-state index in [2.05, 4.69) is 50.9 Å². The van der Waals surface area contributed by atoms with Gasteiger partial charge in [-0.05, 0) is 79.1 Å². The smallest absolute Gasteiger partial charge is 0.222 e. The van der Waals surface area contributed by atoms with Crippen LogP contribution >= 0.6 is 0 Å². The number of allylic oxidation sites excluding steroid dienone is 4. The normalized spacial score (nSPS) is 44.1. The molecule has 6 rings (SSSR count). The van der Waals surface area contributed by atoms with Crippen LogP contribution in [0.2, 0.25) is 0 Å². The predicted octanol–water partition coefficient (Wildman–Crippen LogP) is 6.85. The second-order valence-electron chi connectivity index (χ2n) is 15.5. The number of fused-ring (bicyclic) bond motifs is 7. The highest BCUT2D eigenvalue weighted by Crippen LogP contribution is 2.74. The first kappa shape index (κ1) is 26.7. The average Bonchev–Trinajstić information content (AvgIpc) is 3.29. The van der Waals surface area contributed by atoms with Gasteiger partial charge in [-0.1, -0.05) is 60.1 Å². The summed E-state index contributed by atoms with van der Waals surface area (Å²) in [7, 11) is 0. The summed E-state index contributed by atoms with van der Waals surface area (Å²) < 4.78 is 6.16. The number of hydrogen-bond acceptors (Lipinski definition) is 6. The number of rotatable bonds is 1. The molecule has 0 spiro atoms. The Morgan fingerprint density at radius 2 is 1.67 bits per heavy atom. The quantitative estimate of drug-likeness (QED) is 0.395. The molecular formula is C33H43N3O3. The second kappa shape index (κ2) is 7.80. The molecule has 5 aliphatic rings. The van der Waals surface area contributed by atoms with Crippen molar-refractivity contribution < 1.29 is 14.0 Å². The highest BCUT2D eigenvalue weighted by atomic mass is 16.4. The highest BCUT2D eigenvalue weighted by Gasteiger charge is 2.70. The number of carbonyl (C=O) groups excluding carboxylic acids is 2. The first-order chi connectivity index (χ1) is 18.1. The van der Waals surface area contributed by atoms with E-state index >= 15 is 0 Å². The minimum absolute atomic E-state index is 0.0551. The van der Waals surface area contributed by atoms with Crippen LogP contribution in [0.4, 0.5) is 0 Å². The number of aromatic nitrogens is 2. The van der Waals surface area contributed by atoms with E-state index in [0.29, 0.717) is 5.89 Å². The number of hydrogen-bond donors (Lipinski definition) is 0. The SMILES string of the molecule is Cc1nnc([C@]23CCC(C)(C)C[C@@H]2C2C(=O)C=C4[C@@]5(C)C=C(C#N)C(=O)C(C)(C)[C@@H]5CC[C@@]4(C)[C@]2(C)CC3)o1. The summed E-state index contributed by atoms with van der Waals surface area (Å²) >= 11 is 0. The summed E-state index contributed by atoms with van der Waals surface area (Å²) in [6, 6.07) is 2.20. The van der Waals surface area contributed by atoms with Crippen LogP contribution in [0.1, 0.15) is 105 Å². The van der Waals surface area contributed by atoms with E-state index in [1.165, 1.54) is 0 Å². The van der Waals surface area contributed by atoms with Crippen LogP contribution in [0.3, 0.4) is 0 Å². The van der Waals surface area contributed by atoms with Gasteiger partial charge in [-0.3, -0.25) is 9.59 Å². The van der Waals surface area contributed by atoms with Gasteiger partial charge in [0, 0.05) is 23.7 Å². The predicted molar refractivity (Wildman–Crippen MR) is 147 cm³/mol. The maximum atomic E-state index is 14.6. The summed E-state index contributed by atoms with van der Waals surface area (Å²) in [6.45, 7) is 17.4. The van der Waals surface area contributed by atoms with Crippen molar-refractivity contribution >= 4 is 11.6 Å². The van der Waals surface area contributed by atoms with Crippen LogP contribution in [0.15, 0.2) is 27.7 Å². The fourth-order valence-corrected chi connectivity index (χ4v) is 10.5. The lowest BCUT2D eigenvalue weighted by molar-refractivity contribution is -0.161. The molecular weight excluding hydrogens is 486 g/mol. The van der Waals surface area contributed by atoms with Crippen LogP contribution < -0.4 is 0 Å². The first-order valence-corrected chi connectivity index (χ1v) is 14.8. The average molecular weight is 530 g/mol. The maximum absolute atomic E-state index is 14.6. The highest BCUT2D eigenvalue weighted by molar-refractivity contribution is 6.04. The molecule has 1 aromatic heterocycles. The fourth-order valence-electron chi connectivity index (χ4n) is 10.5. The van der Waals surface area contributed by atoms with E-state index in [1.54, 1.807) is 0 Å². The molecule has 208 valence electrons. The Morgan fingerprint density at radius 3 is 2.31 bits per heavy atom. The van der Waals surface area contributed by atoms with Gasteiger partial charge in [0.2, 0.25) is 11.8 Å². The zero-order valence-corrected chi connectivity index (χ0v) is 24.9. The standard InChI is InChI=1S/C33H43N3O3/c1-19-35-36-27(39-19)33-13-11-28(2,3)17-21(33)25-22(37)15-24-30(6)16-20(18-34)26(38)29(4,5)23(30)9-10-31(24,7)32(25,8)12-14-33/h15-16,21,23,25H,9-14,17H2,1-8H3/t21-,23+,25?,30+,31-,32-,33+/m1/s1. The monoisotopic (exact) mass is 529 g/mol. The van der Waals surface area contributed by atoms with Crippen molar-refractivity contribution in [1.29, 1.82) is 5.26 Å². The van der Waals surface area contributed by atoms with E-state index in [4.69, 9.17) is 4.42 Å². The number of nitrogens with zero attached hydrogens (tertiary/aromatic N) is 3.